The minimum absolute atomic E-state index is 0.266. The van der Waals surface area contributed by atoms with Gasteiger partial charge in [0.25, 0.3) is 5.91 Å². The highest BCUT2D eigenvalue weighted by atomic mass is 32.2. The summed E-state index contributed by atoms with van der Waals surface area (Å²) in [4.78, 5) is 12.8. The maximum absolute atomic E-state index is 12.8. The summed E-state index contributed by atoms with van der Waals surface area (Å²) >= 11 is 0. The van der Waals surface area contributed by atoms with Crippen LogP contribution in [0, 0.1) is 0 Å². The van der Waals surface area contributed by atoms with E-state index in [1.165, 1.54) is 11.4 Å². The number of benzene rings is 2. The second-order valence-corrected chi connectivity index (χ2v) is 9.09. The van der Waals surface area contributed by atoms with Gasteiger partial charge in [-0.2, -0.15) is 0 Å². The first-order valence-corrected chi connectivity index (χ1v) is 11.7. The largest absolute Gasteiger partial charge is 0.497 e. The Morgan fingerprint density at radius 3 is 2.19 bits per heavy atom. The van der Waals surface area contributed by atoms with Crippen molar-refractivity contribution in [3.05, 3.63) is 48.0 Å². The summed E-state index contributed by atoms with van der Waals surface area (Å²) in [6.07, 6.45) is 0.879. The Bertz CT molecular complexity index is 992. The SMILES string of the molecule is CC[C@H](Oc1ccc(N(C)S(C)(=O)=O)cc1)C(=O)N[C@@H](C)c1cc(OC)ccc1OC. The third kappa shape index (κ3) is 6.27. The first-order valence-electron chi connectivity index (χ1n) is 9.83. The monoisotopic (exact) mass is 450 g/mol. The summed E-state index contributed by atoms with van der Waals surface area (Å²) in [5, 5.41) is 2.96. The lowest BCUT2D eigenvalue weighted by atomic mass is 10.1. The first kappa shape index (κ1) is 24.3. The van der Waals surface area contributed by atoms with E-state index < -0.39 is 16.1 Å². The summed E-state index contributed by atoms with van der Waals surface area (Å²) < 4.78 is 41.0. The van der Waals surface area contributed by atoms with Gasteiger partial charge in [0.1, 0.15) is 17.2 Å². The fourth-order valence-electron chi connectivity index (χ4n) is 2.97. The molecule has 0 aromatic heterocycles. The number of methoxy groups -OCH3 is 2. The molecular weight excluding hydrogens is 420 g/mol. The second kappa shape index (κ2) is 10.4. The van der Waals surface area contributed by atoms with Gasteiger partial charge in [-0.3, -0.25) is 9.10 Å². The van der Waals surface area contributed by atoms with Crippen LogP contribution < -0.4 is 23.8 Å². The number of nitrogens with one attached hydrogen (secondary N) is 1. The summed E-state index contributed by atoms with van der Waals surface area (Å²) in [5.74, 6) is 1.52. The number of amides is 1. The van der Waals surface area contributed by atoms with E-state index in [0.29, 0.717) is 29.4 Å². The molecule has 0 unspecified atom stereocenters. The van der Waals surface area contributed by atoms with E-state index >= 15 is 0 Å². The van der Waals surface area contributed by atoms with Gasteiger partial charge in [0.05, 0.1) is 32.2 Å². The molecule has 0 radical (unpaired) electrons. The van der Waals surface area contributed by atoms with Crippen molar-refractivity contribution in [2.45, 2.75) is 32.4 Å². The number of sulfonamides is 1. The van der Waals surface area contributed by atoms with Gasteiger partial charge in [0.2, 0.25) is 10.0 Å². The van der Waals surface area contributed by atoms with Gasteiger partial charge >= 0.3 is 0 Å². The highest BCUT2D eigenvalue weighted by molar-refractivity contribution is 7.92. The molecule has 2 rings (SSSR count). The molecule has 1 amide bonds. The minimum atomic E-state index is -3.35. The van der Waals surface area contributed by atoms with Gasteiger partial charge in [-0.05, 0) is 55.8 Å². The van der Waals surface area contributed by atoms with Gasteiger partial charge in [0.15, 0.2) is 6.10 Å². The predicted molar refractivity (Wildman–Crippen MR) is 120 cm³/mol. The third-order valence-corrected chi connectivity index (χ3v) is 6.11. The Morgan fingerprint density at radius 2 is 1.68 bits per heavy atom. The molecule has 2 atom stereocenters. The number of carbonyl (C=O) groups is 1. The highest BCUT2D eigenvalue weighted by Gasteiger charge is 2.23. The van der Waals surface area contributed by atoms with Gasteiger partial charge in [-0.1, -0.05) is 6.92 Å². The Morgan fingerprint density at radius 1 is 1.06 bits per heavy atom. The normalized spacial score (nSPS) is 13.1. The van der Waals surface area contributed by atoms with E-state index in [1.807, 2.05) is 19.9 Å². The molecule has 9 heteroatoms. The Labute approximate surface area is 184 Å². The number of ether oxygens (including phenoxy) is 3. The molecule has 1 N–H and O–H groups in total. The van der Waals surface area contributed by atoms with Crippen molar-refractivity contribution < 1.29 is 27.4 Å². The van der Waals surface area contributed by atoms with E-state index in [0.717, 1.165) is 11.8 Å². The van der Waals surface area contributed by atoms with Crippen LogP contribution in [0.15, 0.2) is 42.5 Å². The molecule has 0 saturated carbocycles. The van der Waals surface area contributed by atoms with Crippen LogP contribution in [-0.4, -0.2) is 48.0 Å². The fourth-order valence-corrected chi connectivity index (χ4v) is 3.48. The Kier molecular flexibility index (Phi) is 8.15. The van der Waals surface area contributed by atoms with Crippen LogP contribution in [0.4, 0.5) is 5.69 Å². The van der Waals surface area contributed by atoms with Gasteiger partial charge in [-0.25, -0.2) is 8.42 Å². The maximum atomic E-state index is 12.8. The smallest absolute Gasteiger partial charge is 0.261 e. The molecule has 0 spiro atoms. The lowest BCUT2D eigenvalue weighted by Gasteiger charge is -2.22. The highest BCUT2D eigenvalue weighted by Crippen LogP contribution is 2.29. The molecule has 8 nitrogen and oxygen atoms in total. The van der Waals surface area contributed by atoms with Gasteiger partial charge < -0.3 is 19.5 Å². The molecule has 0 aliphatic heterocycles. The average molecular weight is 451 g/mol. The third-order valence-electron chi connectivity index (χ3n) is 4.90. The summed E-state index contributed by atoms with van der Waals surface area (Å²) in [6, 6.07) is 11.6. The molecule has 0 heterocycles. The van der Waals surface area contributed by atoms with Crippen LogP contribution in [0.25, 0.3) is 0 Å². The van der Waals surface area contributed by atoms with Crippen LogP contribution in [0.3, 0.4) is 0 Å². The fraction of sp³-hybridized carbons (Fsp3) is 0.409. The van der Waals surface area contributed by atoms with E-state index in [-0.39, 0.29) is 11.9 Å². The number of carbonyl (C=O) groups excluding carboxylic acids is 1. The van der Waals surface area contributed by atoms with Crippen molar-refractivity contribution in [2.24, 2.45) is 0 Å². The topological polar surface area (TPSA) is 94.2 Å². The van der Waals surface area contributed by atoms with E-state index in [1.54, 1.807) is 50.6 Å². The zero-order valence-electron chi connectivity index (χ0n) is 18.7. The minimum Gasteiger partial charge on any atom is -0.497 e. The zero-order chi connectivity index (χ0) is 23.2. The van der Waals surface area contributed by atoms with Crippen LogP contribution in [0.2, 0.25) is 0 Å². The number of hydrogen-bond acceptors (Lipinski definition) is 6. The molecule has 0 saturated heterocycles. The standard InChI is InChI=1S/C22H30N2O6S/c1-7-20(30-17-10-8-16(9-11-17)24(3)31(6,26)27)22(25)23-15(2)19-14-18(28-4)12-13-21(19)29-5/h8-15,20H,7H2,1-6H3,(H,23,25)/t15-,20-/m0/s1. The molecule has 0 aliphatic rings. The lowest BCUT2D eigenvalue weighted by Crippen LogP contribution is -2.39. The second-order valence-electron chi connectivity index (χ2n) is 7.08. The van der Waals surface area contributed by atoms with E-state index in [4.69, 9.17) is 14.2 Å². The van der Waals surface area contributed by atoms with Crippen molar-refractivity contribution in [3.63, 3.8) is 0 Å². The number of nitrogens with zero attached hydrogens (tertiary/aromatic N) is 1. The number of rotatable bonds is 10. The Hall–Kier alpha value is -2.94. The lowest BCUT2D eigenvalue weighted by molar-refractivity contribution is -0.128. The van der Waals surface area contributed by atoms with Crippen molar-refractivity contribution >= 4 is 21.6 Å². The Balaban J connectivity index is 2.10. The van der Waals surface area contributed by atoms with Crippen LogP contribution >= 0.6 is 0 Å². The van der Waals surface area contributed by atoms with Crippen molar-refractivity contribution in [2.75, 3.05) is 31.8 Å². The van der Waals surface area contributed by atoms with E-state index in [9.17, 15) is 13.2 Å². The molecule has 2 aromatic rings. The molecule has 2 aromatic carbocycles. The van der Waals surface area contributed by atoms with Crippen molar-refractivity contribution in [1.82, 2.24) is 5.32 Å². The first-order chi connectivity index (χ1) is 14.6. The number of hydrogen-bond donors (Lipinski definition) is 1. The van der Waals surface area contributed by atoms with Crippen LogP contribution in [0.5, 0.6) is 17.2 Å². The van der Waals surface area contributed by atoms with Crippen molar-refractivity contribution in [1.29, 1.82) is 0 Å². The van der Waals surface area contributed by atoms with Crippen molar-refractivity contribution in [3.8, 4) is 17.2 Å². The average Bonchev–Trinajstić information content (AvgIpc) is 2.76. The molecule has 170 valence electrons. The quantitative estimate of drug-likeness (QED) is 0.598. The zero-order valence-corrected chi connectivity index (χ0v) is 19.5. The van der Waals surface area contributed by atoms with Crippen LogP contribution in [-0.2, 0) is 14.8 Å². The number of anilines is 1. The maximum Gasteiger partial charge on any atom is 0.261 e. The molecule has 0 aliphatic carbocycles. The van der Waals surface area contributed by atoms with Crippen LogP contribution in [0.1, 0.15) is 31.9 Å². The van der Waals surface area contributed by atoms with Gasteiger partial charge in [0, 0.05) is 12.6 Å². The van der Waals surface area contributed by atoms with Gasteiger partial charge in [-0.15, -0.1) is 0 Å². The van der Waals surface area contributed by atoms with E-state index in [2.05, 4.69) is 5.32 Å². The molecule has 31 heavy (non-hydrogen) atoms. The predicted octanol–water partition coefficient (Wildman–Crippen LogP) is 3.13. The molecule has 0 bridgehead atoms. The summed E-state index contributed by atoms with van der Waals surface area (Å²) in [6.45, 7) is 3.71. The summed E-state index contributed by atoms with van der Waals surface area (Å²) in [7, 11) is 1.27. The molecular formula is C22H30N2O6S. The summed E-state index contributed by atoms with van der Waals surface area (Å²) in [5.41, 5.74) is 1.30. The molecule has 0 fully saturated rings.